The van der Waals surface area contributed by atoms with Crippen LogP contribution in [0.2, 0.25) is 10.0 Å². The molecule has 0 aliphatic rings. The van der Waals surface area contributed by atoms with Gasteiger partial charge in [0, 0.05) is 5.69 Å². The topological polar surface area (TPSA) is 81.4 Å². The number of hydrogen-bond acceptors (Lipinski definition) is 4. The molecule has 0 aromatic heterocycles. The third kappa shape index (κ3) is 4.87. The number of amides is 1. The molecule has 7 heteroatoms. The van der Waals surface area contributed by atoms with Gasteiger partial charge in [0.25, 0.3) is 5.91 Å². The van der Waals surface area contributed by atoms with E-state index in [1.165, 1.54) is 0 Å². The van der Waals surface area contributed by atoms with Crippen LogP contribution in [-0.4, -0.2) is 18.5 Å². The number of rotatable bonds is 5. The molecule has 0 saturated carbocycles. The van der Waals surface area contributed by atoms with Crippen LogP contribution in [0.25, 0.3) is 0 Å². The Kier molecular flexibility index (Phi) is 6.28. The largest absolute Gasteiger partial charge is 0.452 e. The van der Waals surface area contributed by atoms with E-state index in [2.05, 4.69) is 5.32 Å². The fourth-order valence-electron chi connectivity index (χ4n) is 2.22. The number of anilines is 1. The van der Waals surface area contributed by atoms with Crippen molar-refractivity contribution < 1.29 is 14.3 Å². The third-order valence-corrected chi connectivity index (χ3v) is 4.44. The second kappa shape index (κ2) is 8.23. The first kappa shape index (κ1) is 19.1. The summed E-state index contributed by atoms with van der Waals surface area (Å²) in [6.07, 6.45) is 0. The molecule has 2 aromatic rings. The number of carbonyl (C=O) groups is 2. The van der Waals surface area contributed by atoms with E-state index in [0.29, 0.717) is 15.7 Å². The van der Waals surface area contributed by atoms with Gasteiger partial charge in [-0.2, -0.15) is 0 Å². The fraction of sp³-hybridized carbons (Fsp3) is 0.222. The van der Waals surface area contributed by atoms with Crippen molar-refractivity contribution in [3.05, 3.63) is 63.1 Å². The Morgan fingerprint density at radius 1 is 1.20 bits per heavy atom. The van der Waals surface area contributed by atoms with Crippen LogP contribution < -0.4 is 11.1 Å². The highest BCUT2D eigenvalue weighted by Gasteiger charge is 2.16. The van der Waals surface area contributed by atoms with Crippen molar-refractivity contribution in [3.63, 3.8) is 0 Å². The van der Waals surface area contributed by atoms with Crippen LogP contribution >= 0.6 is 23.2 Å². The highest BCUT2D eigenvalue weighted by molar-refractivity contribution is 6.42. The monoisotopic (exact) mass is 380 g/mol. The molecule has 0 radical (unpaired) electrons. The van der Waals surface area contributed by atoms with Gasteiger partial charge in [0.15, 0.2) is 6.61 Å². The first-order valence-electron chi connectivity index (χ1n) is 7.56. The summed E-state index contributed by atoms with van der Waals surface area (Å²) in [6, 6.07) is 9.83. The van der Waals surface area contributed by atoms with Gasteiger partial charge in [0.1, 0.15) is 0 Å². The van der Waals surface area contributed by atoms with Crippen LogP contribution in [0.3, 0.4) is 0 Å². The Hall–Kier alpha value is -2.24. The maximum atomic E-state index is 12.0. The van der Waals surface area contributed by atoms with Gasteiger partial charge in [-0.15, -0.1) is 0 Å². The molecule has 0 bridgehead atoms. The zero-order valence-corrected chi connectivity index (χ0v) is 15.3. The van der Waals surface area contributed by atoms with Gasteiger partial charge in [-0.1, -0.05) is 41.4 Å². The molecule has 0 heterocycles. The number of para-hydroxylation sites is 1. The van der Waals surface area contributed by atoms with E-state index in [1.54, 1.807) is 50.2 Å². The third-order valence-electron chi connectivity index (χ3n) is 3.70. The Balaban J connectivity index is 1.92. The van der Waals surface area contributed by atoms with Gasteiger partial charge in [-0.3, -0.25) is 4.79 Å². The zero-order valence-electron chi connectivity index (χ0n) is 13.8. The molecule has 5 nitrogen and oxygen atoms in total. The van der Waals surface area contributed by atoms with Crippen LogP contribution in [0.4, 0.5) is 5.69 Å². The van der Waals surface area contributed by atoms with Crippen molar-refractivity contribution in [2.24, 2.45) is 0 Å². The Bertz CT molecular complexity index is 809. The lowest BCUT2D eigenvalue weighted by Crippen LogP contribution is -2.31. The molecule has 2 aromatic carbocycles. The number of nitrogens with one attached hydrogen (secondary N) is 1. The predicted molar refractivity (Wildman–Crippen MR) is 98.9 cm³/mol. The van der Waals surface area contributed by atoms with E-state index < -0.39 is 18.5 Å². The highest BCUT2D eigenvalue weighted by Crippen LogP contribution is 2.25. The fourth-order valence-corrected chi connectivity index (χ4v) is 2.52. The minimum Gasteiger partial charge on any atom is -0.452 e. The van der Waals surface area contributed by atoms with Crippen molar-refractivity contribution in [1.29, 1.82) is 0 Å². The molecule has 0 saturated heterocycles. The first-order chi connectivity index (χ1) is 11.8. The quantitative estimate of drug-likeness (QED) is 0.608. The van der Waals surface area contributed by atoms with E-state index in [4.69, 9.17) is 33.7 Å². The summed E-state index contributed by atoms with van der Waals surface area (Å²) in [5.41, 5.74) is 7.99. The molecular weight excluding hydrogens is 363 g/mol. The van der Waals surface area contributed by atoms with Crippen LogP contribution in [0.5, 0.6) is 0 Å². The van der Waals surface area contributed by atoms with Crippen LogP contribution in [0, 0.1) is 6.92 Å². The summed E-state index contributed by atoms with van der Waals surface area (Å²) in [6.45, 7) is 3.17. The lowest BCUT2D eigenvalue weighted by Gasteiger charge is -2.15. The van der Waals surface area contributed by atoms with E-state index in [0.717, 1.165) is 11.1 Å². The summed E-state index contributed by atoms with van der Waals surface area (Å²) in [4.78, 5) is 24.0. The van der Waals surface area contributed by atoms with Crippen molar-refractivity contribution in [2.45, 2.75) is 19.9 Å². The molecule has 0 fully saturated rings. The van der Waals surface area contributed by atoms with Crippen LogP contribution in [0.15, 0.2) is 36.4 Å². The maximum Gasteiger partial charge on any atom is 0.340 e. The molecule has 0 unspecified atom stereocenters. The van der Waals surface area contributed by atoms with E-state index >= 15 is 0 Å². The minimum absolute atomic E-state index is 0.241. The number of nitrogens with two attached hydrogens (primary N) is 1. The van der Waals surface area contributed by atoms with Crippen molar-refractivity contribution in [1.82, 2.24) is 5.32 Å². The molecule has 0 spiro atoms. The number of benzene rings is 2. The Morgan fingerprint density at radius 2 is 1.92 bits per heavy atom. The molecule has 25 heavy (non-hydrogen) atoms. The Labute approximate surface area is 156 Å². The van der Waals surface area contributed by atoms with Crippen molar-refractivity contribution in [2.75, 3.05) is 12.3 Å². The number of halogens is 2. The molecule has 1 amide bonds. The van der Waals surface area contributed by atoms with Gasteiger partial charge in [0.2, 0.25) is 0 Å². The maximum absolute atomic E-state index is 12.0. The summed E-state index contributed by atoms with van der Waals surface area (Å²) in [7, 11) is 0. The van der Waals surface area contributed by atoms with Gasteiger partial charge in [0.05, 0.1) is 21.7 Å². The van der Waals surface area contributed by atoms with Gasteiger partial charge >= 0.3 is 5.97 Å². The Morgan fingerprint density at radius 3 is 2.60 bits per heavy atom. The van der Waals surface area contributed by atoms with Gasteiger partial charge in [-0.25, -0.2) is 4.79 Å². The summed E-state index contributed by atoms with van der Waals surface area (Å²) < 4.78 is 5.03. The van der Waals surface area contributed by atoms with E-state index in [-0.39, 0.29) is 11.6 Å². The number of esters is 1. The van der Waals surface area contributed by atoms with E-state index in [9.17, 15) is 9.59 Å². The average Bonchev–Trinajstić information content (AvgIpc) is 2.57. The van der Waals surface area contributed by atoms with Crippen molar-refractivity contribution >= 4 is 40.8 Å². The van der Waals surface area contributed by atoms with Gasteiger partial charge in [-0.05, 0) is 43.2 Å². The number of aryl methyl sites for hydroxylation is 1. The minimum atomic E-state index is -0.640. The number of hydrogen-bond donors (Lipinski definition) is 2. The van der Waals surface area contributed by atoms with Crippen molar-refractivity contribution in [3.8, 4) is 0 Å². The van der Waals surface area contributed by atoms with Crippen LogP contribution in [-0.2, 0) is 9.53 Å². The average molecular weight is 381 g/mol. The number of carbonyl (C=O) groups excluding carboxylic acids is 2. The first-order valence-corrected chi connectivity index (χ1v) is 8.31. The molecular formula is C18H18Cl2N2O3. The lowest BCUT2D eigenvalue weighted by molar-refractivity contribution is -0.124. The molecule has 132 valence electrons. The standard InChI is InChI=1S/C18H18Cl2N2O3/c1-10-4-3-5-13(17(10)21)18(24)25-9-16(23)22-11(2)12-6-7-14(19)15(20)8-12/h3-8,11H,9,21H2,1-2H3,(H,22,23)/t11-/m0/s1. The number of ether oxygens (including phenoxy) is 1. The molecule has 1 atom stereocenters. The van der Waals surface area contributed by atoms with Gasteiger partial charge < -0.3 is 15.8 Å². The lowest BCUT2D eigenvalue weighted by atomic mass is 10.1. The smallest absolute Gasteiger partial charge is 0.340 e. The number of nitrogen functional groups attached to an aromatic ring is 1. The molecule has 2 rings (SSSR count). The highest BCUT2D eigenvalue weighted by atomic mass is 35.5. The summed E-state index contributed by atoms with van der Waals surface area (Å²) >= 11 is 11.8. The normalized spacial score (nSPS) is 11.7. The summed E-state index contributed by atoms with van der Waals surface area (Å²) in [5.74, 6) is -1.07. The zero-order chi connectivity index (χ0) is 18.6. The second-order valence-electron chi connectivity index (χ2n) is 5.58. The molecule has 0 aliphatic heterocycles. The SMILES string of the molecule is Cc1cccc(C(=O)OCC(=O)N[C@@H](C)c2ccc(Cl)c(Cl)c2)c1N. The molecule has 0 aliphatic carbocycles. The van der Waals surface area contributed by atoms with Crippen LogP contribution in [0.1, 0.15) is 34.5 Å². The summed E-state index contributed by atoms with van der Waals surface area (Å²) in [5, 5.41) is 3.57. The predicted octanol–water partition coefficient (Wildman–Crippen LogP) is 3.92. The molecule has 3 N–H and O–H groups in total. The second-order valence-corrected chi connectivity index (χ2v) is 6.39. The van der Waals surface area contributed by atoms with E-state index in [1.807, 2.05) is 0 Å².